The highest BCUT2D eigenvalue weighted by molar-refractivity contribution is 8.01. The first-order chi connectivity index (χ1) is 21.9. The Balaban J connectivity index is 1.16. The maximum absolute atomic E-state index is 12.7. The molecule has 5 aromatic rings. The third-order valence-corrected chi connectivity index (χ3v) is 11.0. The molecule has 1 fully saturated rings. The van der Waals surface area contributed by atoms with Crippen LogP contribution < -0.4 is 4.72 Å². The maximum Gasteiger partial charge on any atom is 0.240 e. The number of hydrogen-bond donors (Lipinski definition) is 2. The normalized spacial score (nSPS) is 18.6. The van der Waals surface area contributed by atoms with Crippen molar-refractivity contribution in [1.29, 1.82) is 0 Å². The lowest BCUT2D eigenvalue weighted by atomic mass is 9.99. The van der Waals surface area contributed by atoms with Crippen LogP contribution >= 0.6 is 23.1 Å². The zero-order chi connectivity index (χ0) is 31.2. The number of nitrogens with zero attached hydrogens (tertiary/aromatic N) is 2. The van der Waals surface area contributed by atoms with Crippen LogP contribution in [0.4, 0.5) is 0 Å². The molecule has 45 heavy (non-hydrogen) atoms. The molecule has 0 bridgehead atoms. The summed E-state index contributed by atoms with van der Waals surface area (Å²) in [4.78, 5) is 0.240. The number of hydrogen-bond acceptors (Lipinski definition) is 9. The number of rotatable bonds is 11. The average molecular weight is 660 g/mol. The van der Waals surface area contributed by atoms with E-state index in [0.29, 0.717) is 6.42 Å². The number of aromatic nitrogens is 2. The quantitative estimate of drug-likeness (QED) is 0.149. The van der Waals surface area contributed by atoms with Crippen LogP contribution in [-0.2, 0) is 32.6 Å². The van der Waals surface area contributed by atoms with Crippen molar-refractivity contribution in [2.24, 2.45) is 0 Å². The molecule has 6 rings (SSSR count). The van der Waals surface area contributed by atoms with Crippen LogP contribution in [0.15, 0.2) is 112 Å². The first-order valence-corrected chi connectivity index (χ1v) is 17.8. The predicted molar refractivity (Wildman–Crippen MR) is 176 cm³/mol. The Hall–Kier alpha value is -3.42. The van der Waals surface area contributed by atoms with Crippen LogP contribution in [0.2, 0.25) is 0 Å². The van der Waals surface area contributed by atoms with Gasteiger partial charge in [-0.05, 0) is 52.9 Å². The van der Waals surface area contributed by atoms with E-state index in [1.54, 1.807) is 53.4 Å². The van der Waals surface area contributed by atoms with Crippen LogP contribution in [0.1, 0.15) is 46.1 Å². The molecular weight excluding hydrogens is 627 g/mol. The summed E-state index contributed by atoms with van der Waals surface area (Å²) >= 11 is 3.22. The van der Waals surface area contributed by atoms with Gasteiger partial charge in [-0.15, -0.1) is 10.2 Å². The molecule has 1 saturated heterocycles. The van der Waals surface area contributed by atoms with E-state index in [1.807, 2.05) is 79.7 Å². The molecule has 11 heteroatoms. The molecule has 0 radical (unpaired) electrons. The average Bonchev–Trinajstić information content (AvgIpc) is 3.52. The zero-order valence-corrected chi connectivity index (χ0v) is 27.0. The van der Waals surface area contributed by atoms with Gasteiger partial charge >= 0.3 is 0 Å². The fourth-order valence-electron chi connectivity index (χ4n) is 5.08. The van der Waals surface area contributed by atoms with Gasteiger partial charge in [0.25, 0.3) is 0 Å². The molecule has 0 saturated carbocycles. The molecule has 8 nitrogen and oxygen atoms in total. The monoisotopic (exact) mass is 659 g/mol. The van der Waals surface area contributed by atoms with Gasteiger partial charge in [-0.25, -0.2) is 13.1 Å². The maximum atomic E-state index is 12.7. The largest absolute Gasteiger partial charge is 0.392 e. The van der Waals surface area contributed by atoms with Crippen LogP contribution in [-0.4, -0.2) is 35.6 Å². The van der Waals surface area contributed by atoms with Crippen LogP contribution in [0.5, 0.6) is 0 Å². The Morgan fingerprint density at radius 1 is 0.867 bits per heavy atom. The number of ether oxygens (including phenoxy) is 2. The van der Waals surface area contributed by atoms with E-state index in [9.17, 15) is 13.5 Å². The number of aryl methyl sites for hydroxylation is 1. The molecule has 0 spiro atoms. The Morgan fingerprint density at radius 3 is 2.33 bits per heavy atom. The van der Waals surface area contributed by atoms with Gasteiger partial charge in [-0.1, -0.05) is 108 Å². The number of benzene rings is 4. The summed E-state index contributed by atoms with van der Waals surface area (Å²) in [6.45, 7) is 2.13. The lowest BCUT2D eigenvalue weighted by molar-refractivity contribution is -0.245. The number of aliphatic hydroxyl groups excluding tert-OH is 1. The van der Waals surface area contributed by atoms with Crippen LogP contribution in [0.25, 0.3) is 11.1 Å². The molecule has 0 amide bonds. The summed E-state index contributed by atoms with van der Waals surface area (Å²) in [6.07, 6.45) is -0.111. The van der Waals surface area contributed by atoms with Crippen LogP contribution in [0.3, 0.4) is 0 Å². The van der Waals surface area contributed by atoms with Crippen molar-refractivity contribution < 1.29 is 23.0 Å². The van der Waals surface area contributed by atoms with Crippen molar-refractivity contribution in [3.05, 3.63) is 130 Å². The lowest BCUT2D eigenvalue weighted by Crippen LogP contribution is -2.31. The molecular formula is C34H33N3O5S3. The molecule has 1 aliphatic rings. The zero-order valence-electron chi connectivity index (χ0n) is 24.6. The van der Waals surface area contributed by atoms with Gasteiger partial charge in [0.2, 0.25) is 10.0 Å². The number of nitrogens with one attached hydrogen (secondary N) is 1. The molecule has 2 N–H and O–H groups in total. The Morgan fingerprint density at radius 2 is 1.62 bits per heavy atom. The lowest BCUT2D eigenvalue weighted by Gasteiger charge is -2.36. The summed E-state index contributed by atoms with van der Waals surface area (Å²) in [5, 5.41) is 18.8. The minimum absolute atomic E-state index is 0.00335. The number of aliphatic hydroxyl groups is 1. The summed E-state index contributed by atoms with van der Waals surface area (Å²) in [5.41, 5.74) is 5.64. The van der Waals surface area contributed by atoms with Gasteiger partial charge in [0, 0.05) is 24.3 Å². The molecule has 232 valence electrons. The number of sulfonamides is 1. The van der Waals surface area contributed by atoms with E-state index >= 15 is 0 Å². The summed E-state index contributed by atoms with van der Waals surface area (Å²) in [5.74, 6) is 0.721. The van der Waals surface area contributed by atoms with E-state index < -0.39 is 16.3 Å². The van der Waals surface area contributed by atoms with E-state index in [-0.39, 0.29) is 30.3 Å². The van der Waals surface area contributed by atoms with Gasteiger partial charge in [0.15, 0.2) is 10.6 Å². The smallest absolute Gasteiger partial charge is 0.240 e. The summed E-state index contributed by atoms with van der Waals surface area (Å²) in [6, 6.07) is 32.1. The highest BCUT2D eigenvalue weighted by atomic mass is 32.2. The third kappa shape index (κ3) is 8.06. The van der Waals surface area contributed by atoms with Crippen molar-refractivity contribution in [2.45, 2.75) is 54.2 Å². The second-order valence-electron chi connectivity index (χ2n) is 10.7. The fourth-order valence-corrected chi connectivity index (χ4v) is 7.98. The van der Waals surface area contributed by atoms with Gasteiger partial charge in [-0.3, -0.25) is 0 Å². The Kier molecular flexibility index (Phi) is 10.1. The van der Waals surface area contributed by atoms with E-state index in [0.717, 1.165) is 48.5 Å². The first-order valence-electron chi connectivity index (χ1n) is 14.5. The Labute approximate surface area is 271 Å². The van der Waals surface area contributed by atoms with Crippen LogP contribution in [0, 0.1) is 6.92 Å². The van der Waals surface area contributed by atoms with E-state index in [4.69, 9.17) is 9.47 Å². The van der Waals surface area contributed by atoms with E-state index in [1.165, 1.54) is 0 Å². The molecule has 2 heterocycles. The van der Waals surface area contributed by atoms with Crippen molar-refractivity contribution in [3.8, 4) is 11.1 Å². The highest BCUT2D eigenvalue weighted by Gasteiger charge is 2.32. The highest BCUT2D eigenvalue weighted by Crippen LogP contribution is 2.40. The molecule has 4 aromatic carbocycles. The molecule has 1 aliphatic heterocycles. The second kappa shape index (κ2) is 14.3. The molecule has 0 aliphatic carbocycles. The topological polar surface area (TPSA) is 111 Å². The second-order valence-corrected chi connectivity index (χ2v) is 14.9. The van der Waals surface area contributed by atoms with Gasteiger partial charge in [0.05, 0.1) is 23.7 Å². The SMILES string of the molecule is Cc1nnc(SCC2CC(c3ccc(CO)cc3)OC(c3ccc(-c4cccc(CNS(=O)(=O)c5ccccc5)c4)cc3)O2)s1. The van der Waals surface area contributed by atoms with E-state index in [2.05, 4.69) is 14.9 Å². The van der Waals surface area contributed by atoms with Crippen molar-refractivity contribution >= 4 is 33.1 Å². The van der Waals surface area contributed by atoms with Gasteiger partial charge in [0.1, 0.15) is 5.01 Å². The summed E-state index contributed by atoms with van der Waals surface area (Å²) < 4.78 is 41.9. The standard InChI is InChI=1S/C34H33N3O5S3/c1-23-36-37-34(44-23)43-22-30-19-32(27-12-10-24(21-38)11-13-27)42-33(41-30)28-16-14-26(15-17-28)29-7-5-6-25(18-29)20-35-45(39,40)31-8-3-2-4-9-31/h2-18,30,32-33,35,38H,19-22H2,1H3. The molecule has 3 unspecified atom stereocenters. The summed E-state index contributed by atoms with van der Waals surface area (Å²) in [7, 11) is -3.60. The predicted octanol–water partition coefficient (Wildman–Crippen LogP) is 6.82. The number of thioether (sulfide) groups is 1. The minimum atomic E-state index is -3.60. The Bertz CT molecular complexity index is 1810. The van der Waals surface area contributed by atoms with Crippen molar-refractivity contribution in [2.75, 3.05) is 5.75 Å². The fraction of sp³-hybridized carbons (Fsp3) is 0.235. The van der Waals surface area contributed by atoms with Gasteiger partial charge < -0.3 is 14.6 Å². The molecule has 1 aromatic heterocycles. The van der Waals surface area contributed by atoms with Crippen molar-refractivity contribution in [3.63, 3.8) is 0 Å². The minimum Gasteiger partial charge on any atom is -0.392 e. The first kappa shape index (κ1) is 31.6. The van der Waals surface area contributed by atoms with Crippen molar-refractivity contribution in [1.82, 2.24) is 14.9 Å². The molecule has 3 atom stereocenters. The van der Waals surface area contributed by atoms with Gasteiger partial charge in [-0.2, -0.15) is 0 Å². The third-order valence-electron chi connectivity index (χ3n) is 7.48.